The molecule has 90 valence electrons. The summed E-state index contributed by atoms with van der Waals surface area (Å²) in [6.45, 7) is 6.69. The van der Waals surface area contributed by atoms with Gasteiger partial charge in [-0.2, -0.15) is 5.10 Å². The highest BCUT2D eigenvalue weighted by atomic mass is 15.3. The molecule has 0 amide bonds. The molecule has 0 aliphatic carbocycles. The Bertz CT molecular complexity index is 499. The molecule has 0 saturated carbocycles. The van der Waals surface area contributed by atoms with E-state index >= 15 is 0 Å². The molecule has 0 saturated heterocycles. The van der Waals surface area contributed by atoms with Gasteiger partial charge in [0.1, 0.15) is 11.0 Å². The minimum absolute atomic E-state index is 0.741. The lowest BCUT2D eigenvalue weighted by atomic mass is 10.1. The second-order valence-electron chi connectivity index (χ2n) is 4.30. The van der Waals surface area contributed by atoms with Gasteiger partial charge in [0.05, 0.1) is 12.7 Å². The summed E-state index contributed by atoms with van der Waals surface area (Å²) in [5.41, 5.74) is 3.34. The quantitative estimate of drug-likeness (QED) is 0.562. The highest BCUT2D eigenvalue weighted by molar-refractivity contribution is 5.77. The van der Waals surface area contributed by atoms with Crippen LogP contribution in [0.25, 0.3) is 11.0 Å². The van der Waals surface area contributed by atoms with Gasteiger partial charge in [-0.15, -0.1) is 6.58 Å². The molecular formula is C14H19N3. The number of pyridine rings is 1. The Hall–Kier alpha value is -1.64. The molecule has 2 aromatic rings. The van der Waals surface area contributed by atoms with Crippen LogP contribution in [-0.4, -0.2) is 14.8 Å². The molecule has 0 N–H and O–H groups in total. The summed E-state index contributed by atoms with van der Waals surface area (Å²) < 4.78 is 1.90. The summed E-state index contributed by atoms with van der Waals surface area (Å²) in [6.07, 6.45) is 10.6. The Morgan fingerprint density at radius 1 is 1.41 bits per heavy atom. The zero-order valence-electron chi connectivity index (χ0n) is 10.4. The van der Waals surface area contributed by atoms with E-state index in [4.69, 9.17) is 0 Å². The average Bonchev–Trinajstić information content (AvgIpc) is 2.73. The summed E-state index contributed by atoms with van der Waals surface area (Å²) in [5, 5.41) is 4.56. The van der Waals surface area contributed by atoms with Crippen molar-refractivity contribution in [2.45, 2.75) is 39.2 Å². The average molecular weight is 229 g/mol. The van der Waals surface area contributed by atoms with Crippen LogP contribution in [0.1, 0.15) is 31.7 Å². The van der Waals surface area contributed by atoms with Crippen molar-refractivity contribution >= 4 is 11.0 Å². The number of aryl methyl sites for hydroxylation is 1. The molecule has 0 fully saturated rings. The van der Waals surface area contributed by atoms with E-state index in [1.807, 2.05) is 23.2 Å². The van der Waals surface area contributed by atoms with E-state index < -0.39 is 0 Å². The summed E-state index contributed by atoms with van der Waals surface area (Å²) in [6, 6.07) is 2.09. The number of rotatable bonds is 6. The minimum atomic E-state index is 0.741. The largest absolute Gasteiger partial charge is 0.266 e. The summed E-state index contributed by atoms with van der Waals surface area (Å²) in [7, 11) is 0. The van der Waals surface area contributed by atoms with E-state index in [2.05, 4.69) is 29.7 Å². The second-order valence-corrected chi connectivity index (χ2v) is 4.30. The van der Waals surface area contributed by atoms with Crippen LogP contribution in [0.2, 0.25) is 0 Å². The first-order chi connectivity index (χ1) is 8.35. The lowest BCUT2D eigenvalue weighted by molar-refractivity contribution is 0.703. The Kier molecular flexibility index (Phi) is 3.91. The molecule has 3 nitrogen and oxygen atoms in total. The van der Waals surface area contributed by atoms with E-state index in [0.29, 0.717) is 0 Å². The summed E-state index contributed by atoms with van der Waals surface area (Å²) in [4.78, 5) is 4.36. The molecule has 0 radical (unpaired) electrons. The van der Waals surface area contributed by atoms with Gasteiger partial charge in [0.25, 0.3) is 0 Å². The van der Waals surface area contributed by atoms with Crippen LogP contribution in [0.5, 0.6) is 0 Å². The van der Waals surface area contributed by atoms with E-state index in [1.54, 1.807) is 0 Å². The van der Waals surface area contributed by atoms with Gasteiger partial charge in [0, 0.05) is 6.20 Å². The predicted octanol–water partition coefficient (Wildman–Crippen LogP) is 3.35. The number of hydrogen-bond donors (Lipinski definition) is 0. The van der Waals surface area contributed by atoms with E-state index in [-0.39, 0.29) is 0 Å². The van der Waals surface area contributed by atoms with E-state index in [1.165, 1.54) is 24.8 Å². The first kappa shape index (κ1) is 11.8. The van der Waals surface area contributed by atoms with Gasteiger partial charge in [-0.3, -0.25) is 9.67 Å². The number of unbranched alkanes of at least 4 members (excludes halogenated alkanes) is 2. The van der Waals surface area contributed by atoms with Crippen molar-refractivity contribution in [1.82, 2.24) is 14.8 Å². The fourth-order valence-electron chi connectivity index (χ4n) is 2.01. The van der Waals surface area contributed by atoms with Crippen LogP contribution in [0, 0.1) is 0 Å². The number of fused-ring (bicyclic) bond motifs is 1. The topological polar surface area (TPSA) is 30.7 Å². The second kappa shape index (κ2) is 5.62. The molecule has 0 aromatic carbocycles. The zero-order valence-corrected chi connectivity index (χ0v) is 10.4. The van der Waals surface area contributed by atoms with Crippen molar-refractivity contribution < 1.29 is 0 Å². The maximum atomic E-state index is 4.56. The fourth-order valence-corrected chi connectivity index (χ4v) is 2.01. The summed E-state index contributed by atoms with van der Waals surface area (Å²) in [5.74, 6) is 0. The molecule has 17 heavy (non-hydrogen) atoms. The van der Waals surface area contributed by atoms with Crippen molar-refractivity contribution in [3.63, 3.8) is 0 Å². The molecule has 2 rings (SSSR count). The van der Waals surface area contributed by atoms with E-state index in [0.717, 1.165) is 24.0 Å². The van der Waals surface area contributed by atoms with Crippen LogP contribution in [0.3, 0.4) is 0 Å². The van der Waals surface area contributed by atoms with Crippen LogP contribution < -0.4 is 0 Å². The van der Waals surface area contributed by atoms with Gasteiger partial charge < -0.3 is 0 Å². The third-order valence-electron chi connectivity index (χ3n) is 2.90. The van der Waals surface area contributed by atoms with Gasteiger partial charge in [-0.1, -0.05) is 25.8 Å². The number of hydrogen-bond acceptors (Lipinski definition) is 2. The molecule has 3 heteroatoms. The Morgan fingerprint density at radius 3 is 3.06 bits per heavy atom. The van der Waals surface area contributed by atoms with Gasteiger partial charge in [0.15, 0.2) is 0 Å². The number of nitrogens with zero attached hydrogens (tertiary/aromatic N) is 3. The Labute approximate surface area is 102 Å². The van der Waals surface area contributed by atoms with Crippen molar-refractivity contribution in [3.8, 4) is 0 Å². The highest BCUT2D eigenvalue weighted by Crippen LogP contribution is 2.17. The van der Waals surface area contributed by atoms with Crippen molar-refractivity contribution in [2.24, 2.45) is 0 Å². The molecule has 2 aromatic heterocycles. The van der Waals surface area contributed by atoms with Crippen molar-refractivity contribution in [2.75, 3.05) is 0 Å². The Morgan fingerprint density at radius 2 is 2.29 bits per heavy atom. The smallest absolute Gasteiger partial charge is 0.114 e. The van der Waals surface area contributed by atoms with Gasteiger partial charge in [-0.05, 0) is 24.5 Å². The molecule has 2 heterocycles. The normalized spacial score (nSPS) is 10.9. The van der Waals surface area contributed by atoms with Crippen LogP contribution in [-0.2, 0) is 13.0 Å². The third kappa shape index (κ3) is 2.73. The molecule has 0 unspecified atom stereocenters. The lowest BCUT2D eigenvalue weighted by Crippen LogP contribution is -1.95. The van der Waals surface area contributed by atoms with Crippen LogP contribution in [0.15, 0.2) is 31.1 Å². The molecular weight excluding hydrogens is 210 g/mol. The van der Waals surface area contributed by atoms with E-state index in [9.17, 15) is 0 Å². The SMILES string of the molecule is C=CCn1cc2nccc(CCCCC)c2n1. The standard InChI is InChI=1S/C14H19N3/c1-3-5-6-7-12-8-9-15-13-11-17(10-4-2)16-14(12)13/h4,8-9,11H,2-3,5-7,10H2,1H3. The first-order valence-electron chi connectivity index (χ1n) is 6.27. The monoisotopic (exact) mass is 229 g/mol. The van der Waals surface area contributed by atoms with Gasteiger partial charge >= 0.3 is 0 Å². The Balaban J connectivity index is 2.25. The van der Waals surface area contributed by atoms with Gasteiger partial charge in [0.2, 0.25) is 0 Å². The zero-order chi connectivity index (χ0) is 12.1. The molecule has 0 bridgehead atoms. The number of allylic oxidation sites excluding steroid dienone is 1. The predicted molar refractivity (Wildman–Crippen MR) is 71.0 cm³/mol. The van der Waals surface area contributed by atoms with Crippen LogP contribution >= 0.6 is 0 Å². The lowest BCUT2D eigenvalue weighted by Gasteiger charge is -2.00. The van der Waals surface area contributed by atoms with Gasteiger partial charge in [-0.25, -0.2) is 0 Å². The maximum absolute atomic E-state index is 4.56. The summed E-state index contributed by atoms with van der Waals surface area (Å²) >= 11 is 0. The number of aromatic nitrogens is 3. The van der Waals surface area contributed by atoms with Crippen molar-refractivity contribution in [3.05, 3.63) is 36.7 Å². The van der Waals surface area contributed by atoms with Crippen molar-refractivity contribution in [1.29, 1.82) is 0 Å². The minimum Gasteiger partial charge on any atom is -0.266 e. The molecule has 0 spiro atoms. The molecule has 0 aliphatic rings. The molecule has 0 atom stereocenters. The van der Waals surface area contributed by atoms with Crippen LogP contribution in [0.4, 0.5) is 0 Å². The first-order valence-corrected chi connectivity index (χ1v) is 6.27. The maximum Gasteiger partial charge on any atom is 0.114 e. The molecule has 0 aliphatic heterocycles. The highest BCUT2D eigenvalue weighted by Gasteiger charge is 2.06. The third-order valence-corrected chi connectivity index (χ3v) is 2.90. The fraction of sp³-hybridized carbons (Fsp3) is 0.429.